The maximum atomic E-state index is 11.5. The number of hydrogen-bond acceptors (Lipinski definition) is 4. The van der Waals surface area contributed by atoms with Gasteiger partial charge in [0.25, 0.3) is 0 Å². The van der Waals surface area contributed by atoms with Crippen LogP contribution in [0, 0.1) is 0 Å². The topological polar surface area (TPSA) is 89.5 Å². The molecule has 1 aromatic heterocycles. The maximum absolute atomic E-state index is 11.5. The smallest absolute Gasteiger partial charge is 0.422 e. The standard InChI is InChI=1S/C11H9NO5/c1-2-12-8-4-3-6(9(13)14)5-7(8)10(15)17-11(12)16/h3-5H,2H2,1H3,(H,13,14). The molecular formula is C11H9NO5. The van der Waals surface area contributed by atoms with Crippen molar-refractivity contribution in [1.82, 2.24) is 4.57 Å². The number of aromatic nitrogens is 1. The summed E-state index contributed by atoms with van der Waals surface area (Å²) in [6, 6.07) is 3.98. The highest BCUT2D eigenvalue weighted by atomic mass is 16.4. The molecule has 0 saturated carbocycles. The average molecular weight is 235 g/mol. The molecule has 1 heterocycles. The number of aryl methyl sites for hydroxylation is 1. The lowest BCUT2D eigenvalue weighted by atomic mass is 10.1. The van der Waals surface area contributed by atoms with Gasteiger partial charge in [0, 0.05) is 6.54 Å². The number of carboxylic acid groups (broad SMARTS) is 1. The van der Waals surface area contributed by atoms with E-state index in [-0.39, 0.29) is 10.9 Å². The first-order valence-corrected chi connectivity index (χ1v) is 4.95. The van der Waals surface area contributed by atoms with E-state index in [1.165, 1.54) is 22.8 Å². The van der Waals surface area contributed by atoms with Crippen LogP contribution in [0.3, 0.4) is 0 Å². The predicted molar refractivity (Wildman–Crippen MR) is 59.4 cm³/mol. The van der Waals surface area contributed by atoms with Gasteiger partial charge in [-0.25, -0.2) is 14.4 Å². The first-order chi connectivity index (χ1) is 8.04. The van der Waals surface area contributed by atoms with Crippen LogP contribution >= 0.6 is 0 Å². The Morgan fingerprint density at radius 1 is 1.41 bits per heavy atom. The fourth-order valence-electron chi connectivity index (χ4n) is 1.66. The zero-order valence-electron chi connectivity index (χ0n) is 8.97. The Morgan fingerprint density at radius 2 is 2.12 bits per heavy atom. The molecule has 0 amide bonds. The molecule has 1 aromatic carbocycles. The van der Waals surface area contributed by atoms with Crippen molar-refractivity contribution >= 4 is 16.9 Å². The molecule has 0 spiro atoms. The molecule has 0 atom stereocenters. The van der Waals surface area contributed by atoms with Crippen molar-refractivity contribution in [3.05, 3.63) is 44.7 Å². The predicted octanol–water partition coefficient (Wildman–Crippen LogP) is 0.673. The van der Waals surface area contributed by atoms with Crippen LogP contribution in [0.5, 0.6) is 0 Å². The molecule has 0 aliphatic rings. The van der Waals surface area contributed by atoms with E-state index in [0.717, 1.165) is 0 Å². The monoisotopic (exact) mass is 235 g/mol. The number of carbonyl (C=O) groups is 1. The average Bonchev–Trinajstić information content (AvgIpc) is 2.29. The molecule has 6 nitrogen and oxygen atoms in total. The Balaban J connectivity index is 2.93. The van der Waals surface area contributed by atoms with Gasteiger partial charge in [0.1, 0.15) is 0 Å². The van der Waals surface area contributed by atoms with Crippen LogP contribution < -0.4 is 11.4 Å². The van der Waals surface area contributed by atoms with Crippen LogP contribution in [0.1, 0.15) is 17.3 Å². The molecule has 88 valence electrons. The first kappa shape index (κ1) is 11.1. The Morgan fingerprint density at radius 3 is 2.71 bits per heavy atom. The third-order valence-corrected chi connectivity index (χ3v) is 2.47. The molecule has 0 fully saturated rings. The van der Waals surface area contributed by atoms with Crippen LogP contribution in [0.2, 0.25) is 0 Å². The molecule has 2 rings (SSSR count). The van der Waals surface area contributed by atoms with E-state index in [4.69, 9.17) is 5.11 Å². The fraction of sp³-hybridized carbons (Fsp3) is 0.182. The van der Waals surface area contributed by atoms with Crippen molar-refractivity contribution in [2.75, 3.05) is 0 Å². The second-order valence-electron chi connectivity index (χ2n) is 3.44. The van der Waals surface area contributed by atoms with E-state index in [1.807, 2.05) is 0 Å². The number of carboxylic acids is 1. The zero-order valence-corrected chi connectivity index (χ0v) is 8.97. The number of nitrogens with zero attached hydrogens (tertiary/aromatic N) is 1. The highest BCUT2D eigenvalue weighted by Gasteiger charge is 2.11. The summed E-state index contributed by atoms with van der Waals surface area (Å²) in [6.45, 7) is 2.07. The molecule has 0 unspecified atom stereocenters. The molecule has 1 N–H and O–H groups in total. The van der Waals surface area contributed by atoms with E-state index < -0.39 is 17.4 Å². The van der Waals surface area contributed by atoms with Gasteiger partial charge in [-0.1, -0.05) is 0 Å². The first-order valence-electron chi connectivity index (χ1n) is 4.95. The summed E-state index contributed by atoms with van der Waals surface area (Å²) >= 11 is 0. The van der Waals surface area contributed by atoms with Crippen molar-refractivity contribution in [2.24, 2.45) is 0 Å². The van der Waals surface area contributed by atoms with Crippen molar-refractivity contribution in [3.63, 3.8) is 0 Å². The maximum Gasteiger partial charge on any atom is 0.422 e. The molecule has 0 aliphatic heterocycles. The van der Waals surface area contributed by atoms with Crippen LogP contribution in [-0.4, -0.2) is 15.6 Å². The quantitative estimate of drug-likeness (QED) is 0.826. The molecule has 6 heteroatoms. The van der Waals surface area contributed by atoms with Gasteiger partial charge in [-0.05, 0) is 25.1 Å². The summed E-state index contributed by atoms with van der Waals surface area (Å²) in [5.74, 6) is -1.88. The molecule has 0 bridgehead atoms. The number of benzene rings is 1. The molecule has 0 aliphatic carbocycles. The largest absolute Gasteiger partial charge is 0.478 e. The Hall–Kier alpha value is -2.37. The molecule has 17 heavy (non-hydrogen) atoms. The summed E-state index contributed by atoms with van der Waals surface area (Å²) in [5.41, 5.74) is -0.470. The van der Waals surface area contributed by atoms with Gasteiger partial charge in [-0.15, -0.1) is 0 Å². The number of hydrogen-bond donors (Lipinski definition) is 1. The van der Waals surface area contributed by atoms with Crippen LogP contribution in [0.25, 0.3) is 10.9 Å². The van der Waals surface area contributed by atoms with Gasteiger partial charge in [0.15, 0.2) is 0 Å². The highest BCUT2D eigenvalue weighted by molar-refractivity contribution is 5.92. The Labute approximate surface area is 94.7 Å². The lowest BCUT2D eigenvalue weighted by Gasteiger charge is -2.05. The van der Waals surface area contributed by atoms with Gasteiger partial charge < -0.3 is 9.52 Å². The second-order valence-corrected chi connectivity index (χ2v) is 3.44. The summed E-state index contributed by atoms with van der Waals surface area (Å²) < 4.78 is 5.77. The van der Waals surface area contributed by atoms with Gasteiger partial charge in [-0.2, -0.15) is 0 Å². The van der Waals surface area contributed by atoms with Gasteiger partial charge in [0.2, 0.25) is 0 Å². The number of fused-ring (bicyclic) bond motifs is 1. The second kappa shape index (κ2) is 3.89. The minimum atomic E-state index is -1.14. The molecule has 2 aromatic rings. The minimum absolute atomic E-state index is 0.0221. The lowest BCUT2D eigenvalue weighted by Crippen LogP contribution is -2.24. The number of aromatic carboxylic acids is 1. The third-order valence-electron chi connectivity index (χ3n) is 2.47. The van der Waals surface area contributed by atoms with E-state index >= 15 is 0 Å². The fourth-order valence-corrected chi connectivity index (χ4v) is 1.66. The van der Waals surface area contributed by atoms with Gasteiger partial charge >= 0.3 is 17.4 Å². The molecule has 0 radical (unpaired) electrons. The van der Waals surface area contributed by atoms with E-state index in [0.29, 0.717) is 12.1 Å². The third kappa shape index (κ3) is 1.73. The van der Waals surface area contributed by atoms with Crippen LogP contribution in [0.15, 0.2) is 32.2 Å². The Kier molecular flexibility index (Phi) is 2.55. The molecular weight excluding hydrogens is 226 g/mol. The highest BCUT2D eigenvalue weighted by Crippen LogP contribution is 2.11. The Bertz CT molecular complexity index is 710. The normalized spacial score (nSPS) is 10.6. The van der Waals surface area contributed by atoms with E-state index in [9.17, 15) is 14.4 Å². The van der Waals surface area contributed by atoms with Gasteiger partial charge in [0.05, 0.1) is 16.5 Å². The SMILES string of the molecule is CCn1c(=O)oc(=O)c2cc(C(=O)O)ccc21. The van der Waals surface area contributed by atoms with Crippen LogP contribution in [-0.2, 0) is 6.54 Å². The van der Waals surface area contributed by atoms with Crippen molar-refractivity contribution in [2.45, 2.75) is 13.5 Å². The van der Waals surface area contributed by atoms with Crippen molar-refractivity contribution < 1.29 is 14.3 Å². The molecule has 0 saturated heterocycles. The van der Waals surface area contributed by atoms with Crippen LogP contribution in [0.4, 0.5) is 0 Å². The zero-order chi connectivity index (χ0) is 12.6. The summed E-state index contributed by atoms with van der Waals surface area (Å²) in [5, 5.41) is 8.90. The van der Waals surface area contributed by atoms with E-state index in [2.05, 4.69) is 4.42 Å². The summed E-state index contributed by atoms with van der Waals surface area (Å²) in [4.78, 5) is 33.6. The summed E-state index contributed by atoms with van der Waals surface area (Å²) in [7, 11) is 0. The van der Waals surface area contributed by atoms with Crippen molar-refractivity contribution in [3.8, 4) is 0 Å². The summed E-state index contributed by atoms with van der Waals surface area (Å²) in [6.07, 6.45) is 0. The van der Waals surface area contributed by atoms with Gasteiger partial charge in [-0.3, -0.25) is 4.57 Å². The van der Waals surface area contributed by atoms with E-state index in [1.54, 1.807) is 6.92 Å². The minimum Gasteiger partial charge on any atom is -0.478 e. The van der Waals surface area contributed by atoms with Crippen molar-refractivity contribution in [1.29, 1.82) is 0 Å². The lowest BCUT2D eigenvalue weighted by molar-refractivity contribution is 0.0697. The number of rotatable bonds is 2.